The molecule has 9 aromatic rings. The molecule has 0 radical (unpaired) electrons. The van der Waals surface area contributed by atoms with E-state index >= 15 is 0 Å². The SMILES string of the molecule is C=Cc1csc2c(N(c3ccc(-c4ccc5c(c4)c4ccccc4n5C(C)(C)C)cc3)c3cccc4c3sc3ccccc34)cccc12. The Balaban J connectivity index is 1.22. The summed E-state index contributed by atoms with van der Waals surface area (Å²) in [5.74, 6) is 0. The number of para-hydroxylation sites is 1. The predicted octanol–water partition coefficient (Wildman–Crippen LogP) is 13.9. The van der Waals surface area contributed by atoms with E-state index in [9.17, 15) is 0 Å². The highest BCUT2D eigenvalue weighted by atomic mass is 32.1. The molecule has 0 bridgehead atoms. The van der Waals surface area contributed by atoms with Crippen molar-refractivity contribution in [3.05, 3.63) is 145 Å². The van der Waals surface area contributed by atoms with Crippen LogP contribution >= 0.6 is 22.7 Å². The van der Waals surface area contributed by atoms with E-state index in [2.05, 4.69) is 170 Å². The van der Waals surface area contributed by atoms with Gasteiger partial charge in [0.15, 0.2) is 0 Å². The first kappa shape index (κ1) is 29.0. The lowest BCUT2D eigenvalue weighted by atomic mass is 10.0. The molecule has 2 nitrogen and oxygen atoms in total. The molecule has 3 aromatic heterocycles. The van der Waals surface area contributed by atoms with Crippen molar-refractivity contribution >= 4 is 97.9 Å². The third-order valence-electron chi connectivity index (χ3n) is 9.50. The Kier molecular flexibility index (Phi) is 6.62. The van der Waals surface area contributed by atoms with Crippen LogP contribution in [0.5, 0.6) is 0 Å². The molecule has 0 unspecified atom stereocenters. The maximum Gasteiger partial charge on any atom is 0.0640 e. The lowest BCUT2D eigenvalue weighted by molar-refractivity contribution is 0.423. The van der Waals surface area contributed by atoms with E-state index in [-0.39, 0.29) is 5.54 Å². The average Bonchev–Trinajstić information content (AvgIpc) is 3.80. The van der Waals surface area contributed by atoms with Gasteiger partial charge < -0.3 is 9.47 Å². The number of hydrogen-bond donors (Lipinski definition) is 0. The van der Waals surface area contributed by atoms with E-state index in [0.717, 1.165) is 5.69 Å². The van der Waals surface area contributed by atoms with Crippen molar-refractivity contribution in [1.82, 2.24) is 4.57 Å². The molecular weight excluding hydrogens is 621 g/mol. The van der Waals surface area contributed by atoms with Crippen LogP contribution in [0, 0.1) is 0 Å². The van der Waals surface area contributed by atoms with Crippen LogP contribution in [0.25, 0.3) is 69.3 Å². The number of aromatic nitrogens is 1. The monoisotopic (exact) mass is 654 g/mol. The van der Waals surface area contributed by atoms with Crippen LogP contribution in [0.2, 0.25) is 0 Å². The normalized spacial score (nSPS) is 12.1. The molecule has 0 N–H and O–H groups in total. The summed E-state index contributed by atoms with van der Waals surface area (Å²) in [6, 6.07) is 47.0. The van der Waals surface area contributed by atoms with Crippen molar-refractivity contribution in [3.8, 4) is 11.1 Å². The Morgan fingerprint density at radius 2 is 1.25 bits per heavy atom. The number of hydrogen-bond acceptors (Lipinski definition) is 3. The second kappa shape index (κ2) is 10.9. The topological polar surface area (TPSA) is 8.17 Å². The van der Waals surface area contributed by atoms with Crippen molar-refractivity contribution in [3.63, 3.8) is 0 Å². The van der Waals surface area contributed by atoms with Gasteiger partial charge in [0.25, 0.3) is 0 Å². The molecule has 0 atom stereocenters. The van der Waals surface area contributed by atoms with E-state index in [1.54, 1.807) is 11.3 Å². The lowest BCUT2D eigenvalue weighted by Gasteiger charge is -2.27. The van der Waals surface area contributed by atoms with Crippen LogP contribution in [0.15, 0.2) is 139 Å². The van der Waals surface area contributed by atoms with Gasteiger partial charge in [0.05, 0.1) is 20.8 Å². The van der Waals surface area contributed by atoms with Gasteiger partial charge in [-0.2, -0.15) is 0 Å². The first-order valence-electron chi connectivity index (χ1n) is 16.4. The highest BCUT2D eigenvalue weighted by Crippen LogP contribution is 2.48. The fraction of sp³-hybridized carbons (Fsp3) is 0.0909. The minimum Gasteiger partial charge on any atom is -0.335 e. The number of rotatable bonds is 5. The standard InChI is InChI=1S/C44H34N2S2/c1-5-28-27-47-42-32(28)14-10-17-39(42)45(40-18-11-15-35-34-13-7-9-19-41(34)48-43(35)40)31-23-20-29(21-24-31)30-22-25-38-36(26-30)33-12-6-8-16-37(33)46(38)44(2,3)4/h5-27H,1H2,2-4H3. The minimum atomic E-state index is -0.0247. The fourth-order valence-electron chi connectivity index (χ4n) is 7.39. The second-order valence-corrected chi connectivity index (χ2v) is 15.4. The quantitative estimate of drug-likeness (QED) is 0.179. The van der Waals surface area contributed by atoms with E-state index in [4.69, 9.17) is 0 Å². The molecule has 232 valence electrons. The van der Waals surface area contributed by atoms with Crippen molar-refractivity contribution in [2.24, 2.45) is 0 Å². The Morgan fingerprint density at radius 3 is 2.02 bits per heavy atom. The highest BCUT2D eigenvalue weighted by Gasteiger charge is 2.22. The van der Waals surface area contributed by atoms with Gasteiger partial charge in [-0.1, -0.05) is 91.5 Å². The van der Waals surface area contributed by atoms with Crippen LogP contribution in [-0.4, -0.2) is 4.57 Å². The lowest BCUT2D eigenvalue weighted by Crippen LogP contribution is -2.21. The molecule has 0 aliphatic carbocycles. The van der Waals surface area contributed by atoms with Gasteiger partial charge in [0.2, 0.25) is 0 Å². The molecule has 0 spiro atoms. The summed E-state index contributed by atoms with van der Waals surface area (Å²) in [4.78, 5) is 2.45. The minimum absolute atomic E-state index is 0.0247. The Morgan fingerprint density at radius 1 is 0.604 bits per heavy atom. The van der Waals surface area contributed by atoms with E-state index in [0.29, 0.717) is 0 Å². The van der Waals surface area contributed by atoms with Crippen LogP contribution < -0.4 is 4.90 Å². The highest BCUT2D eigenvalue weighted by molar-refractivity contribution is 7.26. The van der Waals surface area contributed by atoms with Gasteiger partial charge in [-0.3, -0.25) is 0 Å². The van der Waals surface area contributed by atoms with Gasteiger partial charge in [-0.05, 0) is 91.4 Å². The van der Waals surface area contributed by atoms with Crippen molar-refractivity contribution in [2.75, 3.05) is 4.90 Å². The first-order valence-corrected chi connectivity index (χ1v) is 18.1. The summed E-state index contributed by atoms with van der Waals surface area (Å²) >= 11 is 3.66. The summed E-state index contributed by atoms with van der Waals surface area (Å²) in [7, 11) is 0. The van der Waals surface area contributed by atoms with Gasteiger partial charge in [0.1, 0.15) is 0 Å². The summed E-state index contributed by atoms with van der Waals surface area (Å²) in [5.41, 5.74) is 9.64. The number of nitrogens with zero attached hydrogens (tertiary/aromatic N) is 2. The Hall–Kier alpha value is -5.16. The molecule has 9 rings (SSSR count). The molecule has 0 aliphatic rings. The average molecular weight is 655 g/mol. The van der Waals surface area contributed by atoms with E-state index in [1.165, 1.54) is 80.1 Å². The summed E-state index contributed by atoms with van der Waals surface area (Å²) in [6.45, 7) is 10.9. The number of fused-ring (bicyclic) bond motifs is 7. The van der Waals surface area contributed by atoms with Gasteiger partial charge in [0, 0.05) is 53.9 Å². The molecule has 0 saturated carbocycles. The van der Waals surface area contributed by atoms with Gasteiger partial charge in [-0.15, -0.1) is 22.7 Å². The second-order valence-electron chi connectivity index (χ2n) is 13.4. The van der Waals surface area contributed by atoms with Gasteiger partial charge in [-0.25, -0.2) is 0 Å². The summed E-state index contributed by atoms with van der Waals surface area (Å²) in [6.07, 6.45) is 1.96. The third kappa shape index (κ3) is 4.44. The van der Waals surface area contributed by atoms with Crippen molar-refractivity contribution in [2.45, 2.75) is 26.3 Å². The maximum atomic E-state index is 4.09. The number of benzene rings is 6. The zero-order valence-electron chi connectivity index (χ0n) is 27.2. The van der Waals surface area contributed by atoms with Crippen LogP contribution in [0.3, 0.4) is 0 Å². The van der Waals surface area contributed by atoms with E-state index < -0.39 is 0 Å². The largest absolute Gasteiger partial charge is 0.335 e. The zero-order valence-corrected chi connectivity index (χ0v) is 28.8. The smallest absolute Gasteiger partial charge is 0.0640 e. The Bertz CT molecular complexity index is 2680. The van der Waals surface area contributed by atoms with Crippen LogP contribution in [0.4, 0.5) is 17.1 Å². The molecule has 0 fully saturated rings. The molecule has 3 heterocycles. The molecule has 6 aromatic carbocycles. The maximum absolute atomic E-state index is 4.09. The summed E-state index contributed by atoms with van der Waals surface area (Å²) in [5, 5.41) is 8.65. The number of thiophene rings is 2. The molecule has 0 amide bonds. The first-order chi connectivity index (χ1) is 23.4. The zero-order chi connectivity index (χ0) is 32.6. The third-order valence-corrected chi connectivity index (χ3v) is 11.7. The number of anilines is 3. The molecule has 0 saturated heterocycles. The van der Waals surface area contributed by atoms with Crippen molar-refractivity contribution in [1.29, 1.82) is 0 Å². The predicted molar refractivity (Wildman–Crippen MR) is 213 cm³/mol. The van der Waals surface area contributed by atoms with Crippen LogP contribution in [0.1, 0.15) is 26.3 Å². The van der Waals surface area contributed by atoms with Crippen molar-refractivity contribution < 1.29 is 0 Å². The fourth-order valence-corrected chi connectivity index (χ4v) is 9.66. The molecule has 0 aliphatic heterocycles. The summed E-state index contributed by atoms with van der Waals surface area (Å²) < 4.78 is 6.33. The van der Waals surface area contributed by atoms with Crippen LogP contribution in [-0.2, 0) is 5.54 Å². The molecular formula is C44H34N2S2. The molecule has 48 heavy (non-hydrogen) atoms. The van der Waals surface area contributed by atoms with E-state index in [1.807, 2.05) is 17.4 Å². The molecule has 4 heteroatoms. The van der Waals surface area contributed by atoms with Gasteiger partial charge >= 0.3 is 0 Å². The Labute approximate surface area is 288 Å².